The van der Waals surface area contributed by atoms with Crippen LogP contribution in [0.15, 0.2) is 27.2 Å². The van der Waals surface area contributed by atoms with Crippen molar-refractivity contribution in [3.8, 4) is 17.3 Å². The fraction of sp³-hybridized carbons (Fsp3) is 0.520. The second-order valence-corrected chi connectivity index (χ2v) is 10.8. The summed E-state index contributed by atoms with van der Waals surface area (Å²) in [5, 5.41) is 18.4. The molecular weight excluding hydrogens is 475 g/mol. The Kier molecular flexibility index (Phi) is 5.25. The van der Waals surface area contributed by atoms with E-state index in [1.165, 1.54) is 0 Å². The van der Waals surface area contributed by atoms with Crippen LogP contribution in [0.1, 0.15) is 80.8 Å². The summed E-state index contributed by atoms with van der Waals surface area (Å²) in [6.45, 7) is 2.64. The molecule has 1 unspecified atom stereocenters. The molecule has 2 aromatic heterocycles. The third-order valence-electron chi connectivity index (χ3n) is 8.10. The lowest BCUT2D eigenvalue weighted by molar-refractivity contribution is -0.163. The summed E-state index contributed by atoms with van der Waals surface area (Å²) >= 11 is 13.0. The lowest BCUT2D eigenvalue weighted by atomic mass is 9.54. The first-order valence-corrected chi connectivity index (χ1v) is 12.5. The molecule has 4 saturated carbocycles. The van der Waals surface area contributed by atoms with Gasteiger partial charge >= 0.3 is 0 Å². The molecule has 0 amide bonds. The van der Waals surface area contributed by atoms with Crippen LogP contribution in [0.25, 0.3) is 11.3 Å². The van der Waals surface area contributed by atoms with Crippen molar-refractivity contribution in [2.45, 2.75) is 75.4 Å². The molecule has 0 saturated heterocycles. The normalized spacial score (nSPS) is 28.2. The molecule has 4 aliphatic carbocycles. The van der Waals surface area contributed by atoms with Gasteiger partial charge in [-0.1, -0.05) is 41.3 Å². The van der Waals surface area contributed by atoms with Crippen LogP contribution in [0.5, 0.6) is 0 Å². The van der Waals surface area contributed by atoms with Crippen LogP contribution < -0.4 is 0 Å². The fourth-order valence-electron chi connectivity index (χ4n) is 5.96. The SMILES string of the molecule is CC1CC2(c3nc(C#N)no3)CCC1(OCc1c(-c3c(Cl)cccc3Cl)noc1C1CC1)CC2. The predicted molar refractivity (Wildman–Crippen MR) is 124 cm³/mol. The zero-order valence-electron chi connectivity index (χ0n) is 18.8. The number of aromatic nitrogens is 3. The van der Waals surface area contributed by atoms with Gasteiger partial charge < -0.3 is 13.8 Å². The first-order valence-electron chi connectivity index (χ1n) is 11.8. The summed E-state index contributed by atoms with van der Waals surface area (Å²) in [4.78, 5) is 4.34. The molecule has 7 rings (SSSR count). The highest BCUT2D eigenvalue weighted by molar-refractivity contribution is 6.39. The van der Waals surface area contributed by atoms with Gasteiger partial charge in [-0.25, -0.2) is 0 Å². The van der Waals surface area contributed by atoms with Gasteiger partial charge in [-0.2, -0.15) is 10.2 Å². The maximum Gasteiger partial charge on any atom is 0.273 e. The molecule has 9 heteroatoms. The zero-order valence-corrected chi connectivity index (χ0v) is 20.3. The Bertz CT molecular complexity index is 1260. The molecule has 2 heterocycles. The lowest BCUT2D eigenvalue weighted by Crippen LogP contribution is -2.55. The second-order valence-electron chi connectivity index (χ2n) is 10.0. The number of benzene rings is 1. The predicted octanol–water partition coefficient (Wildman–Crippen LogP) is 6.59. The third kappa shape index (κ3) is 3.46. The molecule has 3 aromatic rings. The molecule has 2 bridgehead atoms. The van der Waals surface area contributed by atoms with E-state index in [0.717, 1.165) is 56.3 Å². The quantitative estimate of drug-likeness (QED) is 0.377. The van der Waals surface area contributed by atoms with Gasteiger partial charge in [-0.3, -0.25) is 0 Å². The number of fused-ring (bicyclic) bond motifs is 3. The second kappa shape index (κ2) is 8.08. The van der Waals surface area contributed by atoms with Crippen molar-refractivity contribution in [2.24, 2.45) is 5.92 Å². The number of halogens is 2. The van der Waals surface area contributed by atoms with E-state index in [-0.39, 0.29) is 16.8 Å². The molecule has 1 atom stereocenters. The Labute approximate surface area is 207 Å². The first-order chi connectivity index (χ1) is 16.4. The van der Waals surface area contributed by atoms with E-state index in [4.69, 9.17) is 42.2 Å². The average Bonchev–Trinajstić information content (AvgIpc) is 3.40. The lowest BCUT2D eigenvalue weighted by Gasteiger charge is -2.55. The molecule has 0 aliphatic heterocycles. The van der Waals surface area contributed by atoms with Gasteiger partial charge in [0.05, 0.1) is 27.7 Å². The first kappa shape index (κ1) is 22.1. The summed E-state index contributed by atoms with van der Waals surface area (Å²) in [6, 6.07) is 7.42. The van der Waals surface area contributed by atoms with Crippen LogP contribution in [0.3, 0.4) is 0 Å². The molecule has 4 fully saturated rings. The van der Waals surface area contributed by atoms with Crippen LogP contribution in [-0.2, 0) is 16.8 Å². The van der Waals surface area contributed by atoms with Crippen molar-refractivity contribution in [2.75, 3.05) is 0 Å². The fourth-order valence-corrected chi connectivity index (χ4v) is 6.53. The van der Waals surface area contributed by atoms with Crippen LogP contribution >= 0.6 is 23.2 Å². The summed E-state index contributed by atoms with van der Waals surface area (Å²) in [5.41, 5.74) is 1.93. The highest BCUT2D eigenvalue weighted by Gasteiger charge is 2.56. The molecule has 0 spiro atoms. The monoisotopic (exact) mass is 498 g/mol. The minimum Gasteiger partial charge on any atom is -0.370 e. The summed E-state index contributed by atoms with van der Waals surface area (Å²) < 4.78 is 18.1. The summed E-state index contributed by atoms with van der Waals surface area (Å²) in [7, 11) is 0. The van der Waals surface area contributed by atoms with Crippen molar-refractivity contribution in [1.82, 2.24) is 15.3 Å². The van der Waals surface area contributed by atoms with E-state index in [2.05, 4.69) is 22.2 Å². The van der Waals surface area contributed by atoms with Gasteiger partial charge in [0.1, 0.15) is 17.5 Å². The van der Waals surface area contributed by atoms with Crippen molar-refractivity contribution in [1.29, 1.82) is 5.26 Å². The van der Waals surface area contributed by atoms with Crippen LogP contribution in [0, 0.1) is 17.2 Å². The van der Waals surface area contributed by atoms with Gasteiger partial charge in [-0.15, -0.1) is 0 Å². The maximum atomic E-state index is 9.09. The molecular formula is C25H24Cl2N4O3. The number of nitriles is 1. The van der Waals surface area contributed by atoms with Crippen molar-refractivity contribution < 1.29 is 13.8 Å². The third-order valence-corrected chi connectivity index (χ3v) is 8.73. The highest BCUT2D eigenvalue weighted by atomic mass is 35.5. The smallest absolute Gasteiger partial charge is 0.273 e. The molecule has 34 heavy (non-hydrogen) atoms. The number of rotatable bonds is 6. The van der Waals surface area contributed by atoms with Gasteiger partial charge in [0.25, 0.3) is 5.82 Å². The summed E-state index contributed by atoms with van der Waals surface area (Å²) in [6.07, 6.45) is 6.66. The topological polar surface area (TPSA) is 98.0 Å². The van der Waals surface area contributed by atoms with Gasteiger partial charge in [0.15, 0.2) is 0 Å². The Morgan fingerprint density at radius 1 is 1.12 bits per heavy atom. The Hall–Kier alpha value is -2.40. The molecule has 1 aromatic carbocycles. The van der Waals surface area contributed by atoms with E-state index < -0.39 is 0 Å². The molecule has 0 radical (unpaired) electrons. The van der Waals surface area contributed by atoms with Gasteiger partial charge in [0, 0.05) is 17.0 Å². The number of nitrogens with zero attached hydrogens (tertiary/aromatic N) is 4. The van der Waals surface area contributed by atoms with E-state index in [0.29, 0.717) is 45.6 Å². The van der Waals surface area contributed by atoms with Crippen molar-refractivity contribution >= 4 is 23.2 Å². The Morgan fingerprint density at radius 3 is 2.47 bits per heavy atom. The highest BCUT2D eigenvalue weighted by Crippen LogP contribution is 2.58. The molecule has 176 valence electrons. The maximum absolute atomic E-state index is 9.09. The van der Waals surface area contributed by atoms with Crippen LogP contribution in [0.4, 0.5) is 0 Å². The Morgan fingerprint density at radius 2 is 1.85 bits per heavy atom. The summed E-state index contributed by atoms with van der Waals surface area (Å²) in [5.74, 6) is 2.26. The van der Waals surface area contributed by atoms with E-state index >= 15 is 0 Å². The largest absolute Gasteiger partial charge is 0.370 e. The van der Waals surface area contributed by atoms with Crippen LogP contribution in [0.2, 0.25) is 10.0 Å². The van der Waals surface area contributed by atoms with Gasteiger partial charge in [0.2, 0.25) is 5.89 Å². The Balaban J connectivity index is 1.27. The van der Waals surface area contributed by atoms with Crippen LogP contribution in [-0.4, -0.2) is 20.9 Å². The van der Waals surface area contributed by atoms with Crippen molar-refractivity contribution in [3.05, 3.63) is 51.3 Å². The standard InChI is InChI=1S/C25H24Cl2N4O3/c1-14-11-24(23-29-19(12-28)30-34-23)7-9-25(14,10-8-24)32-13-16-21(31-33-22(16)15-5-6-15)20-17(26)3-2-4-18(20)27/h2-4,14-15H,5-11,13H2,1H3. The zero-order chi connectivity index (χ0) is 23.5. The van der Waals surface area contributed by atoms with Gasteiger partial charge in [-0.05, 0) is 68.2 Å². The number of hydrogen-bond acceptors (Lipinski definition) is 7. The average molecular weight is 499 g/mol. The van der Waals surface area contributed by atoms with E-state index in [1.54, 1.807) is 0 Å². The number of ether oxygens (including phenoxy) is 1. The van der Waals surface area contributed by atoms with Crippen molar-refractivity contribution in [3.63, 3.8) is 0 Å². The minimum atomic E-state index is -0.237. The molecule has 4 aliphatic rings. The number of hydrogen-bond donors (Lipinski definition) is 0. The molecule has 7 nitrogen and oxygen atoms in total. The van der Waals surface area contributed by atoms with E-state index in [9.17, 15) is 0 Å². The minimum absolute atomic E-state index is 0.0986. The molecule has 0 N–H and O–H groups in total. The van der Waals surface area contributed by atoms with E-state index in [1.807, 2.05) is 24.3 Å².